The minimum Gasteiger partial charge on any atom is -0.504 e. The Morgan fingerprint density at radius 3 is 2.67 bits per heavy atom. The van der Waals surface area contributed by atoms with Crippen molar-refractivity contribution >= 4 is 27.4 Å². The van der Waals surface area contributed by atoms with Gasteiger partial charge in [-0.1, -0.05) is 0 Å². The monoisotopic (exact) mass is 316 g/mol. The normalized spacial score (nSPS) is 11.6. The molecule has 0 amide bonds. The second-order valence-electron chi connectivity index (χ2n) is 4.45. The number of thiophene rings is 1. The first-order valence-corrected chi connectivity index (χ1v) is 6.94. The van der Waals surface area contributed by atoms with Crippen LogP contribution < -0.4 is 4.74 Å². The summed E-state index contributed by atoms with van der Waals surface area (Å²) < 4.78 is 38.0. The largest absolute Gasteiger partial charge is 0.504 e. The van der Waals surface area contributed by atoms with Gasteiger partial charge in [0.2, 0.25) is 0 Å². The average Bonchev–Trinajstić information content (AvgIpc) is 2.87. The third-order valence-corrected chi connectivity index (χ3v) is 4.26. The molecule has 0 spiro atoms. The van der Waals surface area contributed by atoms with Gasteiger partial charge in [-0.05, 0) is 17.5 Å². The molecule has 1 heterocycles. The van der Waals surface area contributed by atoms with Crippen LogP contribution in [0.1, 0.15) is 17.7 Å². The van der Waals surface area contributed by atoms with E-state index in [1.807, 2.05) is 0 Å². The van der Waals surface area contributed by atoms with Crippen LogP contribution >= 0.6 is 11.3 Å². The van der Waals surface area contributed by atoms with E-state index in [1.165, 1.54) is 25.3 Å². The highest BCUT2D eigenvalue weighted by Crippen LogP contribution is 2.42. The molecule has 0 unspecified atom stereocenters. The molecule has 1 aromatic heterocycles. The zero-order valence-electron chi connectivity index (χ0n) is 11.5. The lowest BCUT2D eigenvalue weighted by Crippen LogP contribution is -2.14. The number of aromatic hydroxyl groups is 1. The Morgan fingerprint density at radius 2 is 2.05 bits per heavy atom. The summed E-state index contributed by atoms with van der Waals surface area (Å²) in [6.07, 6.45) is -0.970. The van der Waals surface area contributed by atoms with Gasteiger partial charge in [0.05, 0.1) is 25.5 Å². The van der Waals surface area contributed by atoms with Crippen molar-refractivity contribution in [2.24, 2.45) is 0 Å². The molecule has 1 aromatic carbocycles. The van der Waals surface area contributed by atoms with Gasteiger partial charge in [-0.25, -0.2) is 8.78 Å². The smallest absolute Gasteiger partial charge is 0.305 e. The summed E-state index contributed by atoms with van der Waals surface area (Å²) in [5.41, 5.74) is 0. The molecule has 114 valence electrons. The van der Waals surface area contributed by atoms with E-state index in [0.29, 0.717) is 10.1 Å². The van der Waals surface area contributed by atoms with Crippen LogP contribution in [0.4, 0.5) is 8.78 Å². The van der Waals surface area contributed by atoms with Gasteiger partial charge in [-0.3, -0.25) is 4.79 Å². The molecule has 0 saturated carbocycles. The summed E-state index contributed by atoms with van der Waals surface area (Å²) in [4.78, 5) is 10.8. The van der Waals surface area contributed by atoms with Crippen molar-refractivity contribution in [1.82, 2.24) is 0 Å². The van der Waals surface area contributed by atoms with Crippen LogP contribution in [0.2, 0.25) is 0 Å². The molecular formula is C14H14F2O4S. The number of halogens is 2. The second kappa shape index (κ2) is 5.85. The quantitative estimate of drug-likeness (QED) is 0.855. The van der Waals surface area contributed by atoms with Crippen molar-refractivity contribution in [3.8, 4) is 11.5 Å². The zero-order chi connectivity index (χ0) is 15.6. The molecule has 0 aliphatic heterocycles. The number of ether oxygens (including phenoxy) is 2. The Hall–Kier alpha value is -1.89. The van der Waals surface area contributed by atoms with Crippen molar-refractivity contribution < 1.29 is 28.2 Å². The predicted molar refractivity (Wildman–Crippen MR) is 75.2 cm³/mol. The van der Waals surface area contributed by atoms with Crippen molar-refractivity contribution in [2.45, 2.75) is 18.8 Å². The Morgan fingerprint density at radius 1 is 1.33 bits per heavy atom. The number of alkyl halides is 2. The number of methoxy groups -OCH3 is 2. The molecule has 0 atom stereocenters. The predicted octanol–water partition coefficient (Wildman–Crippen LogP) is 3.66. The minimum absolute atomic E-state index is 0.101. The number of rotatable bonds is 5. The Balaban J connectivity index is 2.31. The molecule has 7 heteroatoms. The van der Waals surface area contributed by atoms with Gasteiger partial charge >= 0.3 is 5.97 Å². The number of benzene rings is 1. The van der Waals surface area contributed by atoms with Gasteiger partial charge in [0.15, 0.2) is 11.5 Å². The highest BCUT2D eigenvalue weighted by Gasteiger charge is 2.34. The van der Waals surface area contributed by atoms with E-state index >= 15 is 0 Å². The molecule has 2 rings (SSSR count). The fraction of sp³-hybridized carbons (Fsp3) is 0.357. The van der Waals surface area contributed by atoms with Crippen LogP contribution in [0.15, 0.2) is 18.2 Å². The summed E-state index contributed by atoms with van der Waals surface area (Å²) in [5, 5.41) is 10.2. The first-order chi connectivity index (χ1) is 9.87. The van der Waals surface area contributed by atoms with Crippen LogP contribution in [-0.4, -0.2) is 25.3 Å². The molecule has 0 bridgehead atoms. The van der Waals surface area contributed by atoms with Crippen molar-refractivity contribution in [3.05, 3.63) is 23.1 Å². The number of hydrogen-bond donors (Lipinski definition) is 1. The average molecular weight is 316 g/mol. The van der Waals surface area contributed by atoms with E-state index < -0.39 is 18.3 Å². The van der Waals surface area contributed by atoms with E-state index in [-0.39, 0.29) is 22.8 Å². The number of phenols is 1. The molecule has 0 aliphatic rings. The number of hydrogen-bond acceptors (Lipinski definition) is 5. The zero-order valence-corrected chi connectivity index (χ0v) is 12.3. The third-order valence-electron chi connectivity index (χ3n) is 3.05. The number of carbonyl (C=O) groups excluding carboxylic acids is 1. The van der Waals surface area contributed by atoms with Crippen molar-refractivity contribution in [3.63, 3.8) is 0 Å². The molecule has 1 N–H and O–H groups in total. The highest BCUT2D eigenvalue weighted by atomic mass is 32.1. The summed E-state index contributed by atoms with van der Waals surface area (Å²) in [6, 6.07) is 4.24. The first-order valence-electron chi connectivity index (χ1n) is 6.13. The second-order valence-corrected chi connectivity index (χ2v) is 5.54. The number of esters is 1. The summed E-state index contributed by atoms with van der Waals surface area (Å²) in [5.74, 6) is -3.67. The number of carbonyl (C=O) groups is 1. The Labute approximate surface area is 123 Å². The van der Waals surface area contributed by atoms with E-state index in [1.54, 1.807) is 0 Å². The van der Waals surface area contributed by atoms with Gasteiger partial charge in [0.25, 0.3) is 5.92 Å². The maximum absolute atomic E-state index is 14.1. The Kier molecular flexibility index (Phi) is 4.32. The van der Waals surface area contributed by atoms with Crippen LogP contribution in [0.3, 0.4) is 0 Å². The summed E-state index contributed by atoms with van der Waals surface area (Å²) >= 11 is 0.879. The molecule has 0 saturated heterocycles. The third kappa shape index (κ3) is 3.24. The van der Waals surface area contributed by atoms with Gasteiger partial charge in [-0.15, -0.1) is 11.3 Å². The van der Waals surface area contributed by atoms with Crippen LogP contribution in [-0.2, 0) is 15.5 Å². The molecular weight excluding hydrogens is 302 g/mol. The number of fused-ring (bicyclic) bond motifs is 1. The molecule has 0 aliphatic carbocycles. The molecule has 21 heavy (non-hydrogen) atoms. The van der Waals surface area contributed by atoms with Crippen LogP contribution in [0, 0.1) is 0 Å². The van der Waals surface area contributed by atoms with E-state index in [4.69, 9.17) is 4.74 Å². The lowest BCUT2D eigenvalue weighted by Gasteiger charge is -2.13. The van der Waals surface area contributed by atoms with E-state index in [0.717, 1.165) is 18.4 Å². The standard InChI is InChI=1S/C14H14F2O4S/c1-19-10-5-8-6-12(21-11(8)7-9(10)17)14(15,16)4-3-13(18)20-2/h5-7,17H,3-4H2,1-2H3. The molecule has 2 aromatic rings. The van der Waals surface area contributed by atoms with E-state index in [9.17, 15) is 18.7 Å². The summed E-state index contributed by atoms with van der Waals surface area (Å²) in [7, 11) is 2.55. The maximum Gasteiger partial charge on any atom is 0.305 e. The van der Waals surface area contributed by atoms with Crippen molar-refractivity contribution in [2.75, 3.05) is 14.2 Å². The topological polar surface area (TPSA) is 55.8 Å². The highest BCUT2D eigenvalue weighted by molar-refractivity contribution is 7.19. The van der Waals surface area contributed by atoms with Crippen LogP contribution in [0.5, 0.6) is 11.5 Å². The molecule has 0 fully saturated rings. The van der Waals surface area contributed by atoms with Gasteiger partial charge < -0.3 is 14.6 Å². The fourth-order valence-corrected chi connectivity index (χ4v) is 2.96. The molecule has 0 radical (unpaired) electrons. The number of phenolic OH excluding ortho intramolecular Hbond substituents is 1. The SMILES string of the molecule is COC(=O)CCC(F)(F)c1cc2cc(OC)c(O)cc2s1. The lowest BCUT2D eigenvalue weighted by atomic mass is 10.1. The lowest BCUT2D eigenvalue weighted by molar-refractivity contribution is -0.142. The van der Waals surface area contributed by atoms with Crippen molar-refractivity contribution in [1.29, 1.82) is 0 Å². The van der Waals surface area contributed by atoms with Gasteiger partial charge in [0.1, 0.15) is 0 Å². The fourth-order valence-electron chi connectivity index (χ4n) is 1.88. The van der Waals surface area contributed by atoms with Crippen LogP contribution in [0.25, 0.3) is 10.1 Å². The van der Waals surface area contributed by atoms with Gasteiger partial charge in [-0.2, -0.15) is 0 Å². The first kappa shape index (κ1) is 15.5. The maximum atomic E-state index is 14.1. The summed E-state index contributed by atoms with van der Waals surface area (Å²) in [6.45, 7) is 0. The molecule has 4 nitrogen and oxygen atoms in total. The minimum atomic E-state index is -3.12. The Bertz CT molecular complexity index is 666. The van der Waals surface area contributed by atoms with E-state index in [2.05, 4.69) is 4.74 Å². The van der Waals surface area contributed by atoms with Gasteiger partial charge in [0, 0.05) is 17.2 Å².